The van der Waals surface area contributed by atoms with Crippen molar-refractivity contribution in [1.82, 2.24) is 10.2 Å². The summed E-state index contributed by atoms with van der Waals surface area (Å²) in [7, 11) is 0. The highest BCUT2D eigenvalue weighted by Crippen LogP contribution is 2.36. The molecule has 1 aromatic heterocycles. The van der Waals surface area contributed by atoms with Gasteiger partial charge < -0.3 is 0 Å². The number of hydrogen-bond donors (Lipinski definition) is 1. The number of rotatable bonds is 1. The maximum Gasteiger partial charge on any atom is 0.418 e. The van der Waals surface area contributed by atoms with Crippen molar-refractivity contribution in [3.63, 3.8) is 0 Å². The molecule has 0 radical (unpaired) electrons. The van der Waals surface area contributed by atoms with Crippen molar-refractivity contribution in [3.05, 3.63) is 54.1 Å². The Balaban J connectivity index is 2.26. The van der Waals surface area contributed by atoms with Crippen LogP contribution in [0.2, 0.25) is 0 Å². The summed E-state index contributed by atoms with van der Waals surface area (Å²) in [6.07, 6.45) is -4.40. The molecule has 1 heterocycles. The lowest BCUT2D eigenvalue weighted by atomic mass is 10.1. The van der Waals surface area contributed by atoms with Crippen LogP contribution in [-0.4, -0.2) is 10.2 Å². The quantitative estimate of drug-likeness (QED) is 0.697. The van der Waals surface area contributed by atoms with Crippen LogP contribution in [0.25, 0.3) is 22.2 Å². The van der Waals surface area contributed by atoms with Gasteiger partial charge in [-0.05, 0) is 6.07 Å². The van der Waals surface area contributed by atoms with E-state index >= 15 is 0 Å². The number of hydrogen-bond acceptors (Lipinski definition) is 1. The zero-order valence-corrected chi connectivity index (χ0v) is 9.70. The third kappa shape index (κ3) is 1.97. The Labute approximate surface area is 106 Å². The summed E-state index contributed by atoms with van der Waals surface area (Å²) < 4.78 is 38.6. The molecule has 0 fully saturated rings. The van der Waals surface area contributed by atoms with Crippen molar-refractivity contribution in [2.45, 2.75) is 6.18 Å². The molecule has 19 heavy (non-hydrogen) atoms. The third-order valence-corrected chi connectivity index (χ3v) is 2.95. The van der Waals surface area contributed by atoms with Crippen molar-refractivity contribution >= 4 is 10.9 Å². The number of nitrogens with zero attached hydrogens (tertiary/aromatic N) is 1. The molecule has 0 bridgehead atoms. The van der Waals surface area contributed by atoms with Gasteiger partial charge in [-0.1, -0.05) is 42.5 Å². The lowest BCUT2D eigenvalue weighted by Gasteiger charge is -2.06. The number of halogens is 3. The van der Waals surface area contributed by atoms with E-state index < -0.39 is 11.7 Å². The van der Waals surface area contributed by atoms with Crippen LogP contribution in [-0.2, 0) is 6.18 Å². The molecule has 0 aliphatic rings. The molecule has 3 rings (SSSR count). The maximum absolute atomic E-state index is 12.9. The van der Waals surface area contributed by atoms with Gasteiger partial charge in [0.2, 0.25) is 0 Å². The second kappa shape index (κ2) is 4.12. The predicted octanol–water partition coefficient (Wildman–Crippen LogP) is 4.25. The average molecular weight is 262 g/mol. The molecule has 0 aliphatic carbocycles. The minimum Gasteiger partial charge on any atom is -0.277 e. The van der Waals surface area contributed by atoms with E-state index in [0.717, 1.165) is 11.6 Å². The van der Waals surface area contributed by atoms with E-state index in [2.05, 4.69) is 10.2 Å². The minimum atomic E-state index is -4.40. The highest BCUT2D eigenvalue weighted by Gasteiger charge is 2.33. The molecule has 3 aromatic rings. The van der Waals surface area contributed by atoms with Crippen molar-refractivity contribution in [2.75, 3.05) is 0 Å². The van der Waals surface area contributed by atoms with Crippen LogP contribution >= 0.6 is 0 Å². The Morgan fingerprint density at radius 2 is 1.63 bits per heavy atom. The highest BCUT2D eigenvalue weighted by atomic mass is 19.4. The van der Waals surface area contributed by atoms with Gasteiger partial charge in [0.1, 0.15) is 5.52 Å². The average Bonchev–Trinajstić information content (AvgIpc) is 2.82. The number of H-pyrrole nitrogens is 1. The molecule has 0 amide bonds. The summed E-state index contributed by atoms with van der Waals surface area (Å²) in [5, 5.41) is 6.98. The molecule has 0 saturated heterocycles. The van der Waals surface area contributed by atoms with Gasteiger partial charge >= 0.3 is 6.18 Å². The number of aromatic nitrogens is 2. The molecule has 96 valence electrons. The van der Waals surface area contributed by atoms with Gasteiger partial charge in [-0.15, -0.1) is 0 Å². The number of para-hydroxylation sites is 1. The molecule has 5 heteroatoms. The number of alkyl halides is 3. The Bertz CT molecular complexity index is 714. The zero-order valence-electron chi connectivity index (χ0n) is 9.70. The van der Waals surface area contributed by atoms with E-state index in [1.54, 1.807) is 6.07 Å². The Morgan fingerprint density at radius 3 is 2.32 bits per heavy atom. The molecule has 2 nitrogen and oxygen atoms in total. The lowest BCUT2D eigenvalue weighted by Crippen LogP contribution is -2.05. The predicted molar refractivity (Wildman–Crippen MR) is 66.5 cm³/mol. The molecule has 1 N–H and O–H groups in total. The first-order valence-electron chi connectivity index (χ1n) is 5.67. The summed E-state index contributed by atoms with van der Waals surface area (Å²) in [4.78, 5) is 0. The SMILES string of the molecule is FC(F)(F)c1cccc2c(-c3ccccc3)[nH]nc12. The van der Waals surface area contributed by atoms with E-state index in [1.165, 1.54) is 6.07 Å². The van der Waals surface area contributed by atoms with Crippen LogP contribution in [0.4, 0.5) is 13.2 Å². The first kappa shape index (κ1) is 11.8. The van der Waals surface area contributed by atoms with Crippen molar-refractivity contribution in [1.29, 1.82) is 0 Å². The number of benzene rings is 2. The monoisotopic (exact) mass is 262 g/mol. The van der Waals surface area contributed by atoms with Gasteiger partial charge in [0, 0.05) is 10.9 Å². The van der Waals surface area contributed by atoms with Crippen molar-refractivity contribution in [3.8, 4) is 11.3 Å². The van der Waals surface area contributed by atoms with Crippen LogP contribution in [0.5, 0.6) is 0 Å². The van der Waals surface area contributed by atoms with Crippen molar-refractivity contribution in [2.24, 2.45) is 0 Å². The topological polar surface area (TPSA) is 28.7 Å². The highest BCUT2D eigenvalue weighted by molar-refractivity contribution is 5.94. The van der Waals surface area contributed by atoms with Crippen LogP contribution in [0, 0.1) is 0 Å². The van der Waals surface area contributed by atoms with Gasteiger partial charge in [0.25, 0.3) is 0 Å². The first-order valence-corrected chi connectivity index (χ1v) is 5.67. The fraction of sp³-hybridized carbons (Fsp3) is 0.0714. The standard InChI is InChI=1S/C14H9F3N2/c15-14(16,17)11-8-4-7-10-12(18-19-13(10)11)9-5-2-1-3-6-9/h1-8H,(H,18,19). The van der Waals surface area contributed by atoms with Gasteiger partial charge in [0.15, 0.2) is 0 Å². The minimum absolute atomic E-state index is 0.0474. The summed E-state index contributed by atoms with van der Waals surface area (Å²) in [6.45, 7) is 0. The smallest absolute Gasteiger partial charge is 0.277 e. The van der Waals surface area contributed by atoms with E-state index in [0.29, 0.717) is 11.1 Å². The summed E-state index contributed by atoms with van der Waals surface area (Å²) >= 11 is 0. The van der Waals surface area contributed by atoms with Crippen LogP contribution in [0.15, 0.2) is 48.5 Å². The molecule has 0 unspecified atom stereocenters. The van der Waals surface area contributed by atoms with E-state index in [1.807, 2.05) is 30.3 Å². The van der Waals surface area contributed by atoms with Crippen LogP contribution in [0.1, 0.15) is 5.56 Å². The fourth-order valence-corrected chi connectivity index (χ4v) is 2.09. The molecule has 2 aromatic carbocycles. The van der Waals surface area contributed by atoms with Gasteiger partial charge in [0.05, 0.1) is 11.3 Å². The third-order valence-electron chi connectivity index (χ3n) is 2.95. The van der Waals surface area contributed by atoms with Gasteiger partial charge in [-0.2, -0.15) is 18.3 Å². The molecule has 0 saturated carbocycles. The normalized spacial score (nSPS) is 11.9. The molecule has 0 aliphatic heterocycles. The second-order valence-electron chi connectivity index (χ2n) is 4.16. The Kier molecular flexibility index (Phi) is 2.55. The van der Waals surface area contributed by atoms with Crippen LogP contribution < -0.4 is 0 Å². The van der Waals surface area contributed by atoms with Gasteiger partial charge in [-0.25, -0.2) is 0 Å². The number of aromatic amines is 1. The summed E-state index contributed by atoms with van der Waals surface area (Å²) in [6, 6.07) is 13.2. The number of fused-ring (bicyclic) bond motifs is 1. The van der Waals surface area contributed by atoms with E-state index in [4.69, 9.17) is 0 Å². The molecule has 0 atom stereocenters. The molecular formula is C14H9F3N2. The summed E-state index contributed by atoms with van der Waals surface area (Å²) in [5.41, 5.74) is 0.642. The molecule has 0 spiro atoms. The zero-order chi connectivity index (χ0) is 13.5. The lowest BCUT2D eigenvalue weighted by molar-refractivity contribution is -0.136. The first-order chi connectivity index (χ1) is 9.07. The largest absolute Gasteiger partial charge is 0.418 e. The fourth-order valence-electron chi connectivity index (χ4n) is 2.09. The Hall–Kier alpha value is -2.30. The maximum atomic E-state index is 12.9. The molecular weight excluding hydrogens is 253 g/mol. The Morgan fingerprint density at radius 1 is 0.895 bits per heavy atom. The van der Waals surface area contributed by atoms with E-state index in [9.17, 15) is 13.2 Å². The van der Waals surface area contributed by atoms with E-state index in [-0.39, 0.29) is 5.52 Å². The second-order valence-corrected chi connectivity index (χ2v) is 4.16. The van der Waals surface area contributed by atoms with Crippen molar-refractivity contribution < 1.29 is 13.2 Å². The number of nitrogens with one attached hydrogen (secondary N) is 1. The summed E-state index contributed by atoms with van der Waals surface area (Å²) in [5.74, 6) is 0. The van der Waals surface area contributed by atoms with Crippen LogP contribution in [0.3, 0.4) is 0 Å². The van der Waals surface area contributed by atoms with Gasteiger partial charge in [-0.3, -0.25) is 5.10 Å².